The minimum absolute atomic E-state index is 0.191. The third-order valence-electron chi connectivity index (χ3n) is 5.23. The maximum atomic E-state index is 13.5. The Bertz CT molecular complexity index is 1070. The molecule has 180 valence electrons. The molecule has 0 radical (unpaired) electrons. The fourth-order valence-corrected chi connectivity index (χ4v) is 4.85. The average Bonchev–Trinajstić information content (AvgIpc) is 2.75. The molecule has 7 nitrogen and oxygen atoms in total. The summed E-state index contributed by atoms with van der Waals surface area (Å²) in [5.41, 5.74) is 2.26. The summed E-state index contributed by atoms with van der Waals surface area (Å²) in [4.78, 5) is 27.7. The lowest BCUT2D eigenvalue weighted by Gasteiger charge is -2.31. The molecule has 2 aromatic carbocycles. The molecule has 0 aliphatic heterocycles. The number of carbonyl (C=O) groups excluding carboxylic acids is 2. The van der Waals surface area contributed by atoms with Gasteiger partial charge in [-0.1, -0.05) is 55.3 Å². The van der Waals surface area contributed by atoms with Crippen molar-refractivity contribution in [3.63, 3.8) is 0 Å². The molecule has 0 heterocycles. The highest BCUT2D eigenvalue weighted by Gasteiger charge is 2.30. The highest BCUT2D eigenvalue weighted by Crippen LogP contribution is 2.28. The van der Waals surface area contributed by atoms with E-state index in [1.807, 2.05) is 38.1 Å². The number of hydrogen-bond acceptors (Lipinski definition) is 4. The van der Waals surface area contributed by atoms with E-state index in [2.05, 4.69) is 21.2 Å². The van der Waals surface area contributed by atoms with Gasteiger partial charge in [0.25, 0.3) is 0 Å². The van der Waals surface area contributed by atoms with Gasteiger partial charge < -0.3 is 10.2 Å². The van der Waals surface area contributed by atoms with Crippen LogP contribution < -0.4 is 9.62 Å². The van der Waals surface area contributed by atoms with Crippen molar-refractivity contribution in [2.45, 2.75) is 46.2 Å². The van der Waals surface area contributed by atoms with Gasteiger partial charge in [0.05, 0.1) is 11.9 Å². The van der Waals surface area contributed by atoms with Crippen LogP contribution in [-0.4, -0.2) is 50.5 Å². The molecule has 0 saturated heterocycles. The van der Waals surface area contributed by atoms with Crippen LogP contribution in [0.3, 0.4) is 0 Å². The summed E-state index contributed by atoms with van der Waals surface area (Å²) in [7, 11) is -3.76. The monoisotopic (exact) mass is 537 g/mol. The normalized spacial score (nSPS) is 12.2. The Labute approximate surface area is 205 Å². The zero-order valence-corrected chi connectivity index (χ0v) is 21.9. The molecule has 2 amide bonds. The van der Waals surface area contributed by atoms with Crippen molar-refractivity contribution in [3.05, 3.63) is 64.1 Å². The van der Waals surface area contributed by atoms with Gasteiger partial charge in [-0.2, -0.15) is 0 Å². The number of hydrogen-bond donors (Lipinski definition) is 1. The maximum Gasteiger partial charge on any atom is 0.244 e. The number of nitrogens with zero attached hydrogens (tertiary/aromatic N) is 2. The van der Waals surface area contributed by atoms with Crippen molar-refractivity contribution in [2.24, 2.45) is 0 Å². The summed E-state index contributed by atoms with van der Waals surface area (Å²) in [6, 6.07) is 13.7. The minimum atomic E-state index is -3.76. The molecule has 1 N–H and O–H groups in total. The molecule has 2 aromatic rings. The van der Waals surface area contributed by atoms with Crippen LogP contribution in [0, 0.1) is 6.92 Å². The van der Waals surface area contributed by atoms with Crippen LogP contribution >= 0.6 is 15.9 Å². The molecule has 0 unspecified atom stereocenters. The minimum Gasteiger partial charge on any atom is -0.354 e. The number of anilines is 1. The molecular weight excluding hydrogens is 506 g/mol. The van der Waals surface area contributed by atoms with Gasteiger partial charge in [-0.05, 0) is 53.9 Å². The van der Waals surface area contributed by atoms with E-state index < -0.39 is 28.5 Å². The highest BCUT2D eigenvalue weighted by atomic mass is 79.9. The van der Waals surface area contributed by atoms with Crippen LogP contribution in [0.5, 0.6) is 0 Å². The van der Waals surface area contributed by atoms with E-state index in [4.69, 9.17) is 0 Å². The van der Waals surface area contributed by atoms with Gasteiger partial charge in [0.15, 0.2) is 0 Å². The maximum absolute atomic E-state index is 13.5. The summed E-state index contributed by atoms with van der Waals surface area (Å²) < 4.78 is 26.8. The zero-order valence-electron chi connectivity index (χ0n) is 19.5. The molecule has 0 aliphatic carbocycles. The Morgan fingerprint density at radius 2 is 1.82 bits per heavy atom. The van der Waals surface area contributed by atoms with Crippen molar-refractivity contribution >= 4 is 43.5 Å². The van der Waals surface area contributed by atoms with Crippen LogP contribution in [-0.2, 0) is 26.2 Å². The Hall–Kier alpha value is -2.39. The Balaban J connectivity index is 2.36. The third-order valence-corrected chi connectivity index (χ3v) is 7.03. The van der Waals surface area contributed by atoms with E-state index in [1.165, 1.54) is 4.90 Å². The Morgan fingerprint density at radius 1 is 1.12 bits per heavy atom. The van der Waals surface area contributed by atoms with Gasteiger partial charge in [-0.25, -0.2) is 8.42 Å². The quantitative estimate of drug-likeness (QED) is 0.441. The summed E-state index contributed by atoms with van der Waals surface area (Å²) >= 11 is 3.37. The van der Waals surface area contributed by atoms with Crippen molar-refractivity contribution in [2.75, 3.05) is 23.7 Å². The lowest BCUT2D eigenvalue weighted by atomic mass is 10.1. The first-order valence-electron chi connectivity index (χ1n) is 10.9. The fraction of sp³-hybridized carbons (Fsp3) is 0.417. The van der Waals surface area contributed by atoms with Gasteiger partial charge in [-0.3, -0.25) is 13.9 Å². The van der Waals surface area contributed by atoms with Gasteiger partial charge in [0.2, 0.25) is 21.8 Å². The van der Waals surface area contributed by atoms with Crippen LogP contribution in [0.2, 0.25) is 0 Å². The first kappa shape index (κ1) is 26.9. The number of para-hydroxylation sites is 1. The molecule has 0 bridgehead atoms. The number of rotatable bonds is 11. The van der Waals surface area contributed by atoms with E-state index in [1.54, 1.807) is 31.2 Å². The number of amides is 2. The van der Waals surface area contributed by atoms with Gasteiger partial charge >= 0.3 is 0 Å². The first-order valence-corrected chi connectivity index (χ1v) is 13.5. The van der Waals surface area contributed by atoms with Crippen molar-refractivity contribution in [3.8, 4) is 0 Å². The molecule has 2 rings (SSSR count). The summed E-state index contributed by atoms with van der Waals surface area (Å²) in [5, 5.41) is 2.87. The second kappa shape index (κ2) is 12.2. The van der Waals surface area contributed by atoms with E-state index in [9.17, 15) is 18.0 Å². The molecule has 0 spiro atoms. The zero-order chi connectivity index (χ0) is 24.6. The topological polar surface area (TPSA) is 86.8 Å². The van der Waals surface area contributed by atoms with Gasteiger partial charge in [0.1, 0.15) is 12.6 Å². The molecule has 0 aliphatic rings. The van der Waals surface area contributed by atoms with Gasteiger partial charge in [0, 0.05) is 17.6 Å². The first-order chi connectivity index (χ1) is 15.5. The number of unbranched alkanes of at least 4 members (excludes halogenated alkanes) is 1. The van der Waals surface area contributed by atoms with Gasteiger partial charge in [-0.15, -0.1) is 0 Å². The third kappa shape index (κ3) is 7.85. The summed E-state index contributed by atoms with van der Waals surface area (Å²) in [6.45, 7) is 5.95. The predicted octanol–water partition coefficient (Wildman–Crippen LogP) is 3.86. The van der Waals surface area contributed by atoms with Crippen LogP contribution in [0.15, 0.2) is 53.0 Å². The smallest absolute Gasteiger partial charge is 0.244 e. The van der Waals surface area contributed by atoms with Crippen molar-refractivity contribution < 1.29 is 18.0 Å². The van der Waals surface area contributed by atoms with Crippen LogP contribution in [0.25, 0.3) is 0 Å². The summed E-state index contributed by atoms with van der Waals surface area (Å²) in [5.74, 6) is -0.730. The SMILES string of the molecule is CCCCNC(=O)[C@@H](C)N(Cc1cccc(C)c1)C(=O)CN(c1ccccc1Br)S(C)(=O)=O. The van der Waals surface area contributed by atoms with Crippen molar-refractivity contribution in [1.82, 2.24) is 10.2 Å². The van der Waals surface area contributed by atoms with Crippen LogP contribution in [0.1, 0.15) is 37.8 Å². The number of sulfonamides is 1. The van der Waals surface area contributed by atoms with E-state index in [0.29, 0.717) is 16.7 Å². The number of benzene rings is 2. The fourth-order valence-electron chi connectivity index (χ4n) is 3.37. The van der Waals surface area contributed by atoms with Crippen molar-refractivity contribution in [1.29, 1.82) is 0 Å². The Kier molecular flexibility index (Phi) is 9.91. The van der Waals surface area contributed by atoms with E-state index in [0.717, 1.165) is 34.5 Å². The highest BCUT2D eigenvalue weighted by molar-refractivity contribution is 9.10. The number of aryl methyl sites for hydroxylation is 1. The summed E-state index contributed by atoms with van der Waals surface area (Å²) in [6.07, 6.45) is 2.84. The number of carbonyl (C=O) groups is 2. The molecule has 1 atom stereocenters. The lowest BCUT2D eigenvalue weighted by molar-refractivity contribution is -0.139. The Morgan fingerprint density at radius 3 is 2.42 bits per heavy atom. The van der Waals surface area contributed by atoms with E-state index in [-0.39, 0.29) is 12.5 Å². The second-order valence-electron chi connectivity index (χ2n) is 8.05. The molecule has 9 heteroatoms. The average molecular weight is 539 g/mol. The molecule has 0 saturated carbocycles. The largest absolute Gasteiger partial charge is 0.354 e. The molecule has 33 heavy (non-hydrogen) atoms. The predicted molar refractivity (Wildman–Crippen MR) is 135 cm³/mol. The number of nitrogens with one attached hydrogen (secondary N) is 1. The molecule has 0 fully saturated rings. The number of halogens is 1. The second-order valence-corrected chi connectivity index (χ2v) is 10.8. The standard InChI is InChI=1S/C24H32BrN3O4S/c1-5-6-14-26-24(30)19(3)27(16-20-11-9-10-18(2)15-20)23(29)17-28(33(4,31)32)22-13-8-7-12-21(22)25/h7-13,15,19H,5-6,14,16-17H2,1-4H3,(H,26,30)/t19-/m1/s1. The molecule has 0 aromatic heterocycles. The van der Waals surface area contributed by atoms with Crippen LogP contribution in [0.4, 0.5) is 5.69 Å². The lowest BCUT2D eigenvalue weighted by Crippen LogP contribution is -2.51. The molecular formula is C24H32BrN3O4S. The van der Waals surface area contributed by atoms with E-state index >= 15 is 0 Å².